The first-order valence-electron chi connectivity index (χ1n) is 8.95. The number of sulfonamides is 1. The summed E-state index contributed by atoms with van der Waals surface area (Å²) in [6, 6.07) is 17.1. The summed E-state index contributed by atoms with van der Waals surface area (Å²) in [6.45, 7) is -3.03. The van der Waals surface area contributed by atoms with Crippen molar-refractivity contribution in [3.63, 3.8) is 0 Å². The van der Waals surface area contributed by atoms with Crippen molar-refractivity contribution in [2.24, 2.45) is 5.10 Å². The van der Waals surface area contributed by atoms with Gasteiger partial charge >= 0.3 is 6.61 Å². The Balaban J connectivity index is 1.83. The molecule has 0 spiro atoms. The standard InChI is InChI=1S/C20H16F2N4O5S/c21-20(22)31-19-9-5-4-6-14(19)13-23-24-17-11-10-16(12-18(17)26(27)28)32(29,30)25-15-7-2-1-3-8-15/h1-13,20,24-25H/b23-13+. The van der Waals surface area contributed by atoms with Crippen molar-refractivity contribution in [2.45, 2.75) is 11.5 Å². The maximum atomic E-state index is 12.6. The molecule has 0 atom stereocenters. The van der Waals surface area contributed by atoms with Gasteiger partial charge in [0.2, 0.25) is 0 Å². The third-order valence-corrected chi connectivity index (χ3v) is 5.40. The van der Waals surface area contributed by atoms with Gasteiger partial charge < -0.3 is 4.74 Å². The molecule has 32 heavy (non-hydrogen) atoms. The number of nitro groups is 1. The Bertz CT molecular complexity index is 1240. The van der Waals surface area contributed by atoms with E-state index in [0.29, 0.717) is 5.69 Å². The van der Waals surface area contributed by atoms with Crippen LogP contribution in [0.1, 0.15) is 5.56 Å². The number of hydrazone groups is 1. The number of alkyl halides is 2. The third-order valence-electron chi connectivity index (χ3n) is 4.03. The first kappa shape index (κ1) is 22.6. The van der Waals surface area contributed by atoms with Crippen LogP contribution in [0.25, 0.3) is 0 Å². The van der Waals surface area contributed by atoms with Crippen LogP contribution in [0.5, 0.6) is 5.75 Å². The maximum absolute atomic E-state index is 12.6. The lowest BCUT2D eigenvalue weighted by atomic mass is 10.2. The molecule has 0 aliphatic rings. The number of benzene rings is 3. The highest BCUT2D eigenvalue weighted by atomic mass is 32.2. The number of rotatable bonds is 9. The highest BCUT2D eigenvalue weighted by molar-refractivity contribution is 7.92. The van der Waals surface area contributed by atoms with Crippen molar-refractivity contribution in [1.82, 2.24) is 0 Å². The van der Waals surface area contributed by atoms with E-state index >= 15 is 0 Å². The number of para-hydroxylation sites is 2. The summed E-state index contributed by atoms with van der Waals surface area (Å²) in [4.78, 5) is 10.4. The van der Waals surface area contributed by atoms with Crippen molar-refractivity contribution >= 4 is 33.3 Å². The van der Waals surface area contributed by atoms with Crippen molar-refractivity contribution in [1.29, 1.82) is 0 Å². The van der Waals surface area contributed by atoms with Gasteiger partial charge in [0.15, 0.2) is 0 Å². The largest absolute Gasteiger partial charge is 0.434 e. The van der Waals surface area contributed by atoms with E-state index in [2.05, 4.69) is 20.0 Å². The number of anilines is 2. The summed E-state index contributed by atoms with van der Waals surface area (Å²) in [5, 5.41) is 15.3. The number of hydrogen-bond donors (Lipinski definition) is 2. The highest BCUT2D eigenvalue weighted by Gasteiger charge is 2.21. The lowest BCUT2D eigenvalue weighted by Crippen LogP contribution is -2.13. The summed E-state index contributed by atoms with van der Waals surface area (Å²) in [6.07, 6.45) is 1.14. The smallest absolute Gasteiger partial charge is 0.387 e. The van der Waals surface area contributed by atoms with Gasteiger partial charge in [-0.2, -0.15) is 13.9 Å². The molecule has 3 aromatic carbocycles. The quantitative estimate of drug-likeness (QED) is 0.275. The van der Waals surface area contributed by atoms with Gasteiger partial charge in [-0.25, -0.2) is 8.42 Å². The molecule has 2 N–H and O–H groups in total. The lowest BCUT2D eigenvalue weighted by Gasteiger charge is -2.09. The zero-order valence-corrected chi connectivity index (χ0v) is 17.0. The van der Waals surface area contributed by atoms with Gasteiger partial charge in [-0.1, -0.05) is 30.3 Å². The molecule has 0 bridgehead atoms. The first-order chi connectivity index (χ1) is 15.3. The third kappa shape index (κ3) is 5.76. The second kappa shape index (κ2) is 9.83. The Morgan fingerprint density at radius 2 is 1.72 bits per heavy atom. The molecule has 0 fully saturated rings. The van der Waals surface area contributed by atoms with Crippen LogP contribution in [0.15, 0.2) is 82.8 Å². The Hall–Kier alpha value is -4.06. The topological polar surface area (TPSA) is 123 Å². The van der Waals surface area contributed by atoms with Crippen LogP contribution in [0.2, 0.25) is 0 Å². The van der Waals surface area contributed by atoms with E-state index < -0.39 is 27.2 Å². The fourth-order valence-electron chi connectivity index (χ4n) is 2.61. The van der Waals surface area contributed by atoms with Crippen molar-refractivity contribution < 1.29 is 26.9 Å². The van der Waals surface area contributed by atoms with Crippen LogP contribution in [-0.2, 0) is 10.0 Å². The molecule has 166 valence electrons. The Kier molecular flexibility index (Phi) is 6.95. The fraction of sp³-hybridized carbons (Fsp3) is 0.0500. The monoisotopic (exact) mass is 462 g/mol. The van der Waals surface area contributed by atoms with Crippen LogP contribution in [0.4, 0.5) is 25.8 Å². The van der Waals surface area contributed by atoms with Gasteiger partial charge in [-0.15, -0.1) is 0 Å². The van der Waals surface area contributed by atoms with E-state index in [1.807, 2.05) is 0 Å². The molecule has 3 aromatic rings. The summed E-state index contributed by atoms with van der Waals surface area (Å²) in [5.41, 5.74) is 2.28. The molecule has 0 aromatic heterocycles. The number of halogens is 2. The van der Waals surface area contributed by atoms with Crippen LogP contribution in [-0.4, -0.2) is 26.2 Å². The average molecular weight is 462 g/mol. The molecule has 0 radical (unpaired) electrons. The van der Waals surface area contributed by atoms with Crippen molar-refractivity contribution in [3.8, 4) is 5.75 Å². The number of nitro benzene ring substituents is 1. The maximum Gasteiger partial charge on any atom is 0.387 e. The van der Waals surface area contributed by atoms with Gasteiger partial charge in [0.25, 0.3) is 15.7 Å². The molecule has 9 nitrogen and oxygen atoms in total. The molecule has 0 heterocycles. The molecule has 0 amide bonds. The van der Waals surface area contributed by atoms with Gasteiger partial charge in [0.05, 0.1) is 16.0 Å². The molecule has 12 heteroatoms. The van der Waals surface area contributed by atoms with E-state index in [9.17, 15) is 27.3 Å². The number of hydrogen-bond acceptors (Lipinski definition) is 7. The normalized spacial score (nSPS) is 11.5. The summed E-state index contributed by atoms with van der Waals surface area (Å²) in [5.74, 6) is -0.129. The molecular weight excluding hydrogens is 446 g/mol. The summed E-state index contributed by atoms with van der Waals surface area (Å²) in [7, 11) is -4.07. The fourth-order valence-corrected chi connectivity index (χ4v) is 3.68. The zero-order chi connectivity index (χ0) is 23.1. The van der Waals surface area contributed by atoms with E-state index in [1.54, 1.807) is 24.3 Å². The second-order valence-corrected chi connectivity index (χ2v) is 7.88. The van der Waals surface area contributed by atoms with Crippen LogP contribution >= 0.6 is 0 Å². The van der Waals surface area contributed by atoms with E-state index in [0.717, 1.165) is 12.3 Å². The molecular formula is C20H16F2N4O5S. The predicted molar refractivity (Wildman–Crippen MR) is 115 cm³/mol. The lowest BCUT2D eigenvalue weighted by molar-refractivity contribution is -0.384. The number of nitrogens with one attached hydrogen (secondary N) is 2. The van der Waals surface area contributed by atoms with E-state index in [4.69, 9.17) is 0 Å². The van der Waals surface area contributed by atoms with E-state index in [1.165, 1.54) is 42.5 Å². The second-order valence-electron chi connectivity index (χ2n) is 6.19. The molecule has 0 aliphatic heterocycles. The first-order valence-corrected chi connectivity index (χ1v) is 10.4. The SMILES string of the molecule is O=[N+]([O-])c1cc(S(=O)(=O)Nc2ccccc2)ccc1N/N=C/c1ccccc1OC(F)F. The predicted octanol–water partition coefficient (Wildman–Crippen LogP) is 4.44. The minimum atomic E-state index is -4.07. The molecule has 0 aliphatic carbocycles. The van der Waals surface area contributed by atoms with Gasteiger partial charge in [-0.05, 0) is 36.4 Å². The Labute approximate surface area is 181 Å². The van der Waals surface area contributed by atoms with Crippen molar-refractivity contribution in [3.05, 3.63) is 88.5 Å². The van der Waals surface area contributed by atoms with Crippen molar-refractivity contribution in [2.75, 3.05) is 10.1 Å². The Morgan fingerprint density at radius 3 is 2.41 bits per heavy atom. The Morgan fingerprint density at radius 1 is 1.03 bits per heavy atom. The summed E-state index contributed by atoms with van der Waals surface area (Å²) >= 11 is 0. The minimum Gasteiger partial charge on any atom is -0.434 e. The van der Waals surface area contributed by atoms with Gasteiger partial charge in [-0.3, -0.25) is 20.3 Å². The molecule has 0 saturated heterocycles. The average Bonchev–Trinajstić information content (AvgIpc) is 2.75. The minimum absolute atomic E-state index is 0.0998. The molecule has 3 rings (SSSR count). The molecule has 0 unspecified atom stereocenters. The number of nitrogens with zero attached hydrogens (tertiary/aromatic N) is 2. The highest BCUT2D eigenvalue weighted by Crippen LogP contribution is 2.29. The number of ether oxygens (including phenoxy) is 1. The summed E-state index contributed by atoms with van der Waals surface area (Å²) < 4.78 is 56.8. The molecule has 0 saturated carbocycles. The van der Waals surface area contributed by atoms with Gasteiger partial charge in [0, 0.05) is 17.3 Å². The van der Waals surface area contributed by atoms with Crippen LogP contribution in [0.3, 0.4) is 0 Å². The van der Waals surface area contributed by atoms with E-state index in [-0.39, 0.29) is 21.9 Å². The van der Waals surface area contributed by atoms with Gasteiger partial charge in [0.1, 0.15) is 11.4 Å². The zero-order valence-electron chi connectivity index (χ0n) is 16.2. The van der Waals surface area contributed by atoms with Crippen LogP contribution in [0, 0.1) is 10.1 Å². The van der Waals surface area contributed by atoms with Crippen LogP contribution < -0.4 is 14.9 Å².